The molecule has 0 fully saturated rings. The molecule has 1 aliphatic heterocycles. The number of nitrogens with one attached hydrogen (secondary N) is 1. The molecule has 1 aliphatic rings. The summed E-state index contributed by atoms with van der Waals surface area (Å²) in [6.45, 7) is 7.43. The van der Waals surface area contributed by atoms with Gasteiger partial charge in [0, 0.05) is 27.8 Å². The summed E-state index contributed by atoms with van der Waals surface area (Å²) in [6, 6.07) is 11.3. The van der Waals surface area contributed by atoms with Gasteiger partial charge in [0.1, 0.15) is 11.9 Å². The van der Waals surface area contributed by atoms with E-state index in [-0.39, 0.29) is 6.10 Å². The van der Waals surface area contributed by atoms with E-state index in [9.17, 15) is 0 Å². The Hall–Kier alpha value is -1.32. The van der Waals surface area contributed by atoms with Crippen molar-refractivity contribution in [2.24, 2.45) is 0 Å². The Morgan fingerprint density at radius 3 is 2.80 bits per heavy atom. The number of aryl methyl sites for hydroxylation is 2. The van der Waals surface area contributed by atoms with Crippen LogP contribution in [-0.2, 0) is 0 Å². The maximum Gasteiger partial charge on any atom is 0.135 e. The zero-order valence-electron chi connectivity index (χ0n) is 12.3. The Balaban J connectivity index is 1.94. The maximum absolute atomic E-state index is 6.23. The highest BCUT2D eigenvalue weighted by Gasteiger charge is 2.29. The molecular weight excluding hydrogens is 266 g/mol. The molecule has 2 atom stereocenters. The van der Waals surface area contributed by atoms with E-state index in [0.717, 1.165) is 18.7 Å². The summed E-state index contributed by atoms with van der Waals surface area (Å²) in [5, 5.41) is 3.60. The third kappa shape index (κ3) is 2.60. The first-order chi connectivity index (χ1) is 9.67. The molecule has 2 nitrogen and oxygen atoms in total. The van der Waals surface area contributed by atoms with E-state index in [0.29, 0.717) is 6.04 Å². The summed E-state index contributed by atoms with van der Waals surface area (Å²) in [5.41, 5.74) is 2.59. The van der Waals surface area contributed by atoms with Gasteiger partial charge in [0.15, 0.2) is 0 Å². The standard InChI is InChI=1S/C17H21NOS/c1-4-18-14-10-16(17-8-6-12(3)20-17)19-15-7-5-11(2)9-13(14)15/h5-9,14,16,18H,4,10H2,1-3H3. The normalized spacial score (nSPS) is 21.4. The van der Waals surface area contributed by atoms with Gasteiger partial charge in [-0.05, 0) is 38.6 Å². The predicted molar refractivity (Wildman–Crippen MR) is 84.6 cm³/mol. The fourth-order valence-electron chi connectivity index (χ4n) is 2.83. The molecule has 0 spiro atoms. The first-order valence-electron chi connectivity index (χ1n) is 7.24. The van der Waals surface area contributed by atoms with Crippen LogP contribution in [0.15, 0.2) is 30.3 Å². The summed E-state index contributed by atoms with van der Waals surface area (Å²) in [7, 11) is 0. The predicted octanol–water partition coefficient (Wildman–Crippen LogP) is 4.54. The Morgan fingerprint density at radius 2 is 2.10 bits per heavy atom. The quantitative estimate of drug-likeness (QED) is 0.895. The van der Waals surface area contributed by atoms with Crippen molar-refractivity contribution in [2.45, 2.75) is 39.3 Å². The molecule has 0 amide bonds. The molecule has 3 heteroatoms. The van der Waals surface area contributed by atoms with Gasteiger partial charge >= 0.3 is 0 Å². The van der Waals surface area contributed by atoms with Gasteiger partial charge in [-0.2, -0.15) is 0 Å². The summed E-state index contributed by atoms with van der Waals surface area (Å²) >= 11 is 1.84. The van der Waals surface area contributed by atoms with Crippen molar-refractivity contribution >= 4 is 11.3 Å². The maximum atomic E-state index is 6.23. The van der Waals surface area contributed by atoms with Crippen LogP contribution < -0.4 is 10.1 Å². The number of thiophene rings is 1. The van der Waals surface area contributed by atoms with Crippen molar-refractivity contribution in [1.82, 2.24) is 5.32 Å². The van der Waals surface area contributed by atoms with E-state index in [4.69, 9.17) is 4.74 Å². The first kappa shape index (κ1) is 13.7. The largest absolute Gasteiger partial charge is 0.484 e. The van der Waals surface area contributed by atoms with Crippen molar-refractivity contribution in [3.8, 4) is 5.75 Å². The van der Waals surface area contributed by atoms with Gasteiger partial charge in [0.05, 0.1) is 0 Å². The van der Waals surface area contributed by atoms with Crippen molar-refractivity contribution in [3.63, 3.8) is 0 Å². The van der Waals surface area contributed by atoms with Crippen LogP contribution >= 0.6 is 11.3 Å². The third-order valence-corrected chi connectivity index (χ3v) is 4.88. The molecule has 0 aliphatic carbocycles. The minimum Gasteiger partial charge on any atom is -0.484 e. The molecule has 0 bridgehead atoms. The van der Waals surface area contributed by atoms with E-state index in [1.54, 1.807) is 0 Å². The second-order valence-corrected chi connectivity index (χ2v) is 6.76. The van der Waals surface area contributed by atoms with Crippen molar-refractivity contribution in [3.05, 3.63) is 51.2 Å². The van der Waals surface area contributed by atoms with E-state index in [1.165, 1.54) is 20.9 Å². The highest BCUT2D eigenvalue weighted by atomic mass is 32.1. The zero-order chi connectivity index (χ0) is 14.1. The van der Waals surface area contributed by atoms with Crippen LogP contribution in [0.1, 0.15) is 46.4 Å². The van der Waals surface area contributed by atoms with Crippen molar-refractivity contribution < 1.29 is 4.74 Å². The fraction of sp³-hybridized carbons (Fsp3) is 0.412. The molecule has 2 heterocycles. The molecule has 106 valence electrons. The Labute approximate surface area is 124 Å². The number of fused-ring (bicyclic) bond motifs is 1. The van der Waals surface area contributed by atoms with Gasteiger partial charge in [0.25, 0.3) is 0 Å². The Bertz CT molecular complexity index is 605. The molecule has 0 radical (unpaired) electrons. The fourth-order valence-corrected chi connectivity index (χ4v) is 3.75. The van der Waals surface area contributed by atoms with Gasteiger partial charge in [-0.25, -0.2) is 0 Å². The summed E-state index contributed by atoms with van der Waals surface area (Å²) in [4.78, 5) is 2.68. The van der Waals surface area contributed by atoms with Crippen LogP contribution in [0, 0.1) is 13.8 Å². The highest BCUT2D eigenvalue weighted by Crippen LogP contribution is 2.42. The summed E-state index contributed by atoms with van der Waals surface area (Å²) in [6.07, 6.45) is 1.18. The van der Waals surface area contributed by atoms with Crippen LogP contribution in [0.3, 0.4) is 0 Å². The lowest BCUT2D eigenvalue weighted by atomic mass is 9.94. The van der Waals surface area contributed by atoms with Gasteiger partial charge < -0.3 is 10.1 Å². The van der Waals surface area contributed by atoms with Crippen LogP contribution in [0.2, 0.25) is 0 Å². The van der Waals surface area contributed by atoms with E-state index >= 15 is 0 Å². The minimum absolute atomic E-state index is 0.174. The smallest absolute Gasteiger partial charge is 0.135 e. The molecule has 1 aromatic heterocycles. The third-order valence-electron chi connectivity index (χ3n) is 3.79. The summed E-state index contributed by atoms with van der Waals surface area (Å²) in [5.74, 6) is 1.03. The monoisotopic (exact) mass is 287 g/mol. The second-order valence-electron chi connectivity index (χ2n) is 5.44. The number of benzene rings is 1. The van der Waals surface area contributed by atoms with Gasteiger partial charge in [-0.15, -0.1) is 11.3 Å². The topological polar surface area (TPSA) is 21.3 Å². The second kappa shape index (κ2) is 5.58. The van der Waals surface area contributed by atoms with Crippen LogP contribution in [-0.4, -0.2) is 6.54 Å². The number of ether oxygens (including phenoxy) is 1. The van der Waals surface area contributed by atoms with E-state index < -0.39 is 0 Å². The molecule has 20 heavy (non-hydrogen) atoms. The Kier molecular flexibility index (Phi) is 3.81. The van der Waals surface area contributed by atoms with Crippen molar-refractivity contribution in [1.29, 1.82) is 0 Å². The van der Waals surface area contributed by atoms with Crippen molar-refractivity contribution in [2.75, 3.05) is 6.54 Å². The molecule has 1 N–H and O–H groups in total. The molecule has 1 aromatic carbocycles. The lowest BCUT2D eigenvalue weighted by molar-refractivity contribution is 0.155. The zero-order valence-corrected chi connectivity index (χ0v) is 13.1. The lowest BCUT2D eigenvalue weighted by Gasteiger charge is -2.32. The average Bonchev–Trinajstić information content (AvgIpc) is 2.86. The van der Waals surface area contributed by atoms with Gasteiger partial charge in [-0.1, -0.05) is 24.6 Å². The SMILES string of the molecule is CCNC1CC(c2ccc(C)s2)Oc2ccc(C)cc21. The molecule has 2 aromatic rings. The number of hydrogen-bond donors (Lipinski definition) is 1. The molecule has 0 saturated heterocycles. The van der Waals surface area contributed by atoms with E-state index in [1.807, 2.05) is 11.3 Å². The Morgan fingerprint density at radius 1 is 1.25 bits per heavy atom. The number of rotatable bonds is 3. The minimum atomic E-state index is 0.174. The molecule has 2 unspecified atom stereocenters. The molecule has 0 saturated carbocycles. The van der Waals surface area contributed by atoms with Crippen LogP contribution in [0.5, 0.6) is 5.75 Å². The van der Waals surface area contributed by atoms with E-state index in [2.05, 4.69) is 56.4 Å². The molecular formula is C17H21NOS. The molecule has 3 rings (SSSR count). The first-order valence-corrected chi connectivity index (χ1v) is 8.06. The van der Waals surface area contributed by atoms with Gasteiger partial charge in [0.2, 0.25) is 0 Å². The highest BCUT2D eigenvalue weighted by molar-refractivity contribution is 7.12. The van der Waals surface area contributed by atoms with Crippen LogP contribution in [0.25, 0.3) is 0 Å². The average molecular weight is 287 g/mol. The lowest BCUT2D eigenvalue weighted by Crippen LogP contribution is -2.28. The summed E-state index contributed by atoms with van der Waals surface area (Å²) < 4.78 is 6.23. The number of hydrogen-bond acceptors (Lipinski definition) is 3. The van der Waals surface area contributed by atoms with Crippen LogP contribution in [0.4, 0.5) is 0 Å². The van der Waals surface area contributed by atoms with Gasteiger partial charge in [-0.3, -0.25) is 0 Å².